The highest BCUT2D eigenvalue weighted by Crippen LogP contribution is 2.18. The van der Waals surface area contributed by atoms with Crippen molar-refractivity contribution in [3.8, 4) is 11.4 Å². The molecule has 0 aliphatic rings. The summed E-state index contributed by atoms with van der Waals surface area (Å²) >= 11 is 2.24. The molecule has 0 aliphatic carbocycles. The van der Waals surface area contributed by atoms with E-state index in [1.54, 1.807) is 12.1 Å². The molecule has 0 bridgehead atoms. The van der Waals surface area contributed by atoms with Gasteiger partial charge in [0, 0.05) is 9.26 Å². The molecule has 122 valence electrons. The van der Waals surface area contributed by atoms with Gasteiger partial charge in [-0.1, -0.05) is 0 Å². The largest absolute Gasteiger partial charge is 0.484 e. The minimum absolute atomic E-state index is 0.0599. The Morgan fingerprint density at radius 1 is 1.25 bits per heavy atom. The minimum atomic E-state index is -0.205. The van der Waals surface area contributed by atoms with Gasteiger partial charge in [-0.3, -0.25) is 4.79 Å². The zero-order valence-corrected chi connectivity index (χ0v) is 15.0. The highest BCUT2D eigenvalue weighted by atomic mass is 127. The Bertz CT molecular complexity index is 834. The number of tetrazole rings is 1. The first-order valence-corrected chi connectivity index (χ1v) is 8.22. The third-order valence-corrected chi connectivity index (χ3v) is 3.95. The van der Waals surface area contributed by atoms with E-state index in [1.807, 2.05) is 37.3 Å². The van der Waals surface area contributed by atoms with Crippen LogP contribution >= 0.6 is 22.6 Å². The second kappa shape index (κ2) is 7.39. The molecule has 8 heteroatoms. The number of nitrogens with one attached hydrogen (secondary N) is 1. The molecule has 24 heavy (non-hydrogen) atoms. The number of aryl methyl sites for hydroxylation is 1. The zero-order valence-electron chi connectivity index (χ0n) is 12.8. The Balaban J connectivity index is 1.56. The molecule has 1 heterocycles. The Morgan fingerprint density at radius 2 is 2.04 bits per heavy atom. The van der Waals surface area contributed by atoms with Gasteiger partial charge in [0.1, 0.15) is 12.1 Å². The number of carbonyl (C=O) groups is 1. The van der Waals surface area contributed by atoms with Crippen molar-refractivity contribution in [2.45, 2.75) is 6.92 Å². The van der Waals surface area contributed by atoms with Crippen LogP contribution in [0.5, 0.6) is 5.75 Å². The number of aromatic nitrogens is 4. The molecule has 0 atom stereocenters. The van der Waals surface area contributed by atoms with Gasteiger partial charge in [0.15, 0.2) is 6.61 Å². The van der Waals surface area contributed by atoms with E-state index in [4.69, 9.17) is 4.74 Å². The monoisotopic (exact) mass is 435 g/mol. The number of nitrogens with zero attached hydrogens (tertiary/aromatic N) is 4. The Kier molecular flexibility index (Phi) is 5.04. The fraction of sp³-hybridized carbons (Fsp3) is 0.125. The molecule has 7 nitrogen and oxygen atoms in total. The molecule has 0 spiro atoms. The van der Waals surface area contributed by atoms with Gasteiger partial charge >= 0.3 is 0 Å². The van der Waals surface area contributed by atoms with E-state index in [0.717, 1.165) is 20.5 Å². The normalized spacial score (nSPS) is 10.4. The molecule has 0 radical (unpaired) electrons. The van der Waals surface area contributed by atoms with Gasteiger partial charge in [-0.15, -0.1) is 5.10 Å². The van der Waals surface area contributed by atoms with Crippen LogP contribution in [0.15, 0.2) is 48.8 Å². The smallest absolute Gasteiger partial charge is 0.262 e. The van der Waals surface area contributed by atoms with Gasteiger partial charge in [-0.05, 0) is 88.0 Å². The summed E-state index contributed by atoms with van der Waals surface area (Å²) in [6.45, 7) is 1.89. The third kappa shape index (κ3) is 4.07. The lowest BCUT2D eigenvalue weighted by atomic mass is 10.2. The van der Waals surface area contributed by atoms with Crippen molar-refractivity contribution in [2.75, 3.05) is 11.9 Å². The van der Waals surface area contributed by atoms with Crippen molar-refractivity contribution < 1.29 is 9.53 Å². The van der Waals surface area contributed by atoms with Crippen LogP contribution in [0.25, 0.3) is 5.69 Å². The standard InChI is InChI=1S/C16H14IN5O2/c1-11-8-12(17)2-7-15(11)19-16(23)9-24-14-5-3-13(4-6-14)22-10-18-20-21-22/h2-8,10H,9H2,1H3,(H,19,23). The van der Waals surface area contributed by atoms with Crippen molar-refractivity contribution in [1.29, 1.82) is 0 Å². The van der Waals surface area contributed by atoms with E-state index in [9.17, 15) is 4.79 Å². The van der Waals surface area contributed by atoms with Crippen LogP contribution in [-0.2, 0) is 4.79 Å². The van der Waals surface area contributed by atoms with Crippen LogP contribution < -0.4 is 10.1 Å². The van der Waals surface area contributed by atoms with Crippen LogP contribution in [0.1, 0.15) is 5.56 Å². The molecule has 0 saturated heterocycles. The van der Waals surface area contributed by atoms with Crippen molar-refractivity contribution in [2.24, 2.45) is 0 Å². The van der Waals surface area contributed by atoms with Gasteiger partial charge in [-0.2, -0.15) is 0 Å². The summed E-state index contributed by atoms with van der Waals surface area (Å²) in [4.78, 5) is 12.0. The van der Waals surface area contributed by atoms with E-state index in [1.165, 1.54) is 11.0 Å². The molecule has 0 saturated carbocycles. The molecule has 3 aromatic rings. The third-order valence-electron chi connectivity index (χ3n) is 3.28. The quantitative estimate of drug-likeness (QED) is 0.624. The van der Waals surface area contributed by atoms with Gasteiger partial charge in [-0.25, -0.2) is 4.68 Å². The van der Waals surface area contributed by atoms with E-state index in [-0.39, 0.29) is 12.5 Å². The number of anilines is 1. The molecule has 1 aromatic heterocycles. The van der Waals surface area contributed by atoms with Crippen molar-refractivity contribution in [3.63, 3.8) is 0 Å². The highest BCUT2D eigenvalue weighted by Gasteiger charge is 2.06. The SMILES string of the molecule is Cc1cc(I)ccc1NC(=O)COc1ccc(-n2cnnn2)cc1. The zero-order chi connectivity index (χ0) is 16.9. The summed E-state index contributed by atoms with van der Waals surface area (Å²) in [5.74, 6) is 0.394. The average molecular weight is 435 g/mol. The second-order valence-electron chi connectivity index (χ2n) is 5.04. The molecule has 1 amide bonds. The molecule has 0 fully saturated rings. The summed E-state index contributed by atoms with van der Waals surface area (Å²) in [5, 5.41) is 13.8. The minimum Gasteiger partial charge on any atom is -0.484 e. The lowest BCUT2D eigenvalue weighted by Gasteiger charge is -2.10. The number of carbonyl (C=O) groups excluding carboxylic acids is 1. The van der Waals surface area contributed by atoms with Gasteiger partial charge in [0.25, 0.3) is 5.91 Å². The number of rotatable bonds is 5. The van der Waals surface area contributed by atoms with Crippen LogP contribution in [0.4, 0.5) is 5.69 Å². The number of benzene rings is 2. The summed E-state index contributed by atoms with van der Waals surface area (Å²) in [7, 11) is 0. The van der Waals surface area contributed by atoms with E-state index >= 15 is 0 Å². The van der Waals surface area contributed by atoms with Crippen molar-refractivity contribution >= 4 is 34.2 Å². The second-order valence-corrected chi connectivity index (χ2v) is 6.29. The van der Waals surface area contributed by atoms with Crippen molar-refractivity contribution in [3.05, 3.63) is 57.9 Å². The molecule has 0 unspecified atom stereocenters. The van der Waals surface area contributed by atoms with Crippen LogP contribution in [0, 0.1) is 10.5 Å². The van der Waals surface area contributed by atoms with Crippen molar-refractivity contribution in [1.82, 2.24) is 20.2 Å². The highest BCUT2D eigenvalue weighted by molar-refractivity contribution is 14.1. The number of halogens is 1. The number of amides is 1. The molecular weight excluding hydrogens is 421 g/mol. The van der Waals surface area contributed by atoms with Crippen LogP contribution in [0.2, 0.25) is 0 Å². The summed E-state index contributed by atoms with van der Waals surface area (Å²) in [5.41, 5.74) is 2.62. The fourth-order valence-corrected chi connectivity index (χ4v) is 2.72. The van der Waals surface area contributed by atoms with Gasteiger partial charge in [0.05, 0.1) is 5.69 Å². The van der Waals surface area contributed by atoms with E-state index in [2.05, 4.69) is 43.4 Å². The lowest BCUT2D eigenvalue weighted by molar-refractivity contribution is -0.118. The topological polar surface area (TPSA) is 81.9 Å². The maximum absolute atomic E-state index is 12.0. The van der Waals surface area contributed by atoms with Crippen LogP contribution in [-0.4, -0.2) is 32.7 Å². The van der Waals surface area contributed by atoms with Gasteiger partial charge in [0.2, 0.25) is 0 Å². The molecule has 1 N–H and O–H groups in total. The molecule has 3 rings (SSSR count). The van der Waals surface area contributed by atoms with E-state index in [0.29, 0.717) is 5.75 Å². The van der Waals surface area contributed by atoms with E-state index < -0.39 is 0 Å². The Labute approximate surface area is 152 Å². The fourth-order valence-electron chi connectivity index (χ4n) is 2.08. The summed E-state index contributed by atoms with van der Waals surface area (Å²) in [6, 6.07) is 13.0. The Morgan fingerprint density at radius 3 is 2.71 bits per heavy atom. The summed E-state index contributed by atoms with van der Waals surface area (Å²) in [6.07, 6.45) is 1.51. The number of hydrogen-bond donors (Lipinski definition) is 1. The molecular formula is C16H14IN5O2. The first-order valence-electron chi connectivity index (χ1n) is 7.14. The Hall–Kier alpha value is -2.49. The number of ether oxygens (including phenoxy) is 1. The average Bonchev–Trinajstić information content (AvgIpc) is 3.11. The molecule has 0 aliphatic heterocycles. The van der Waals surface area contributed by atoms with Gasteiger partial charge < -0.3 is 10.1 Å². The lowest BCUT2D eigenvalue weighted by Crippen LogP contribution is -2.20. The van der Waals surface area contributed by atoms with Crippen LogP contribution in [0.3, 0.4) is 0 Å². The maximum atomic E-state index is 12.0. The predicted molar refractivity (Wildman–Crippen MR) is 97.2 cm³/mol. The predicted octanol–water partition coefficient (Wildman–Crippen LogP) is 2.59. The first kappa shape index (κ1) is 16.4. The first-order chi connectivity index (χ1) is 11.6. The summed E-state index contributed by atoms with van der Waals surface area (Å²) < 4.78 is 8.17. The molecule has 2 aromatic carbocycles. The maximum Gasteiger partial charge on any atom is 0.262 e. The number of hydrogen-bond acceptors (Lipinski definition) is 5.